The van der Waals surface area contributed by atoms with Gasteiger partial charge in [0.2, 0.25) is 5.78 Å². The van der Waals surface area contributed by atoms with Crippen LogP contribution in [0.3, 0.4) is 0 Å². The van der Waals surface area contributed by atoms with Crippen molar-refractivity contribution in [2.24, 2.45) is 7.05 Å². The minimum Gasteiger partial charge on any atom is -0.340 e. The Bertz CT molecular complexity index is 653. The molecule has 0 saturated heterocycles. The largest absolute Gasteiger partial charge is 0.340 e. The average Bonchev–Trinajstić information content (AvgIpc) is 2.75. The molecule has 1 atom stereocenters. The summed E-state index contributed by atoms with van der Waals surface area (Å²) in [4.78, 5) is 15.9. The maximum absolute atomic E-state index is 13.1. The molecule has 0 aliphatic carbocycles. The van der Waals surface area contributed by atoms with Gasteiger partial charge in [-0.05, 0) is 17.7 Å². The van der Waals surface area contributed by atoms with E-state index in [1.54, 1.807) is 17.7 Å². The van der Waals surface area contributed by atoms with E-state index < -0.39 is 23.3 Å². The topological polar surface area (TPSA) is 58.7 Å². The minimum absolute atomic E-state index is 0.0179. The number of ketones is 1. The van der Waals surface area contributed by atoms with Crippen LogP contribution in [0.25, 0.3) is 0 Å². The Morgan fingerprint density at radius 2 is 2.00 bits per heavy atom. The molecule has 0 aliphatic rings. The lowest BCUT2D eigenvalue weighted by Crippen LogP contribution is -2.12. The van der Waals surface area contributed by atoms with Crippen molar-refractivity contribution in [2.75, 3.05) is 0 Å². The summed E-state index contributed by atoms with van der Waals surface area (Å²) in [6, 6.07) is 4.37. The second-order valence-electron chi connectivity index (χ2n) is 4.05. The zero-order valence-corrected chi connectivity index (χ0v) is 9.97. The number of carbonyl (C=O) groups excluding carboxylic acids is 1. The molecule has 0 saturated carbocycles. The van der Waals surface area contributed by atoms with Gasteiger partial charge < -0.3 is 4.57 Å². The first-order chi connectivity index (χ1) is 9.01. The molecule has 1 unspecified atom stereocenters. The van der Waals surface area contributed by atoms with Crippen molar-refractivity contribution < 1.29 is 13.6 Å². The molecule has 0 spiro atoms. The van der Waals surface area contributed by atoms with Crippen LogP contribution >= 0.6 is 0 Å². The third-order valence-corrected chi connectivity index (χ3v) is 2.57. The van der Waals surface area contributed by atoms with E-state index in [-0.39, 0.29) is 11.3 Å². The van der Waals surface area contributed by atoms with Crippen molar-refractivity contribution in [1.82, 2.24) is 9.55 Å². The highest BCUT2D eigenvalue weighted by Gasteiger charge is 2.24. The van der Waals surface area contributed by atoms with Crippen LogP contribution in [0.4, 0.5) is 8.78 Å². The summed E-state index contributed by atoms with van der Waals surface area (Å²) >= 11 is 0. The van der Waals surface area contributed by atoms with E-state index >= 15 is 0 Å². The van der Waals surface area contributed by atoms with Crippen molar-refractivity contribution in [2.45, 2.75) is 5.92 Å². The van der Waals surface area contributed by atoms with Gasteiger partial charge in [0.05, 0.1) is 12.4 Å². The number of benzene rings is 1. The Labute approximate surface area is 107 Å². The number of nitrogens with zero attached hydrogens (tertiary/aromatic N) is 3. The molecular formula is C13H9F2N3O. The molecule has 1 heterocycles. The summed E-state index contributed by atoms with van der Waals surface area (Å²) in [6.45, 7) is 0. The smallest absolute Gasteiger partial charge is 0.204 e. The van der Waals surface area contributed by atoms with Gasteiger partial charge in [0, 0.05) is 19.3 Å². The third kappa shape index (κ3) is 2.65. The first-order valence-corrected chi connectivity index (χ1v) is 5.39. The van der Waals surface area contributed by atoms with Gasteiger partial charge in [0.1, 0.15) is 23.2 Å². The zero-order valence-electron chi connectivity index (χ0n) is 9.97. The van der Waals surface area contributed by atoms with Crippen LogP contribution in [-0.2, 0) is 7.05 Å². The predicted molar refractivity (Wildman–Crippen MR) is 62.3 cm³/mol. The maximum atomic E-state index is 13.1. The maximum Gasteiger partial charge on any atom is 0.204 e. The molecule has 2 rings (SSSR count). The van der Waals surface area contributed by atoms with Gasteiger partial charge in [-0.15, -0.1) is 0 Å². The highest BCUT2D eigenvalue weighted by Crippen LogP contribution is 2.21. The van der Waals surface area contributed by atoms with E-state index in [1.807, 2.05) is 0 Å². The van der Waals surface area contributed by atoms with Gasteiger partial charge >= 0.3 is 0 Å². The number of Topliss-reactive ketones (excluding diaryl/α,β-unsaturated/α-hetero) is 1. The van der Waals surface area contributed by atoms with E-state index in [2.05, 4.69) is 4.98 Å². The second kappa shape index (κ2) is 4.98. The number of carbonyl (C=O) groups is 1. The van der Waals surface area contributed by atoms with Gasteiger partial charge in [-0.1, -0.05) is 0 Å². The van der Waals surface area contributed by atoms with Gasteiger partial charge in [0.15, 0.2) is 0 Å². The Balaban J connectivity index is 2.40. The number of rotatable bonds is 3. The molecule has 0 N–H and O–H groups in total. The fraction of sp³-hybridized carbons (Fsp3) is 0.154. The first-order valence-electron chi connectivity index (χ1n) is 5.39. The average molecular weight is 261 g/mol. The summed E-state index contributed by atoms with van der Waals surface area (Å²) in [5.74, 6) is -3.53. The number of hydrogen-bond acceptors (Lipinski definition) is 3. The molecule has 0 amide bonds. The van der Waals surface area contributed by atoms with Crippen LogP contribution in [0.2, 0.25) is 0 Å². The predicted octanol–water partition coefficient (Wildman–Crippen LogP) is 2.19. The number of hydrogen-bond donors (Lipinski definition) is 0. The molecule has 19 heavy (non-hydrogen) atoms. The molecule has 4 nitrogen and oxygen atoms in total. The molecule has 6 heteroatoms. The Kier molecular flexibility index (Phi) is 3.38. The van der Waals surface area contributed by atoms with Crippen LogP contribution in [0.1, 0.15) is 22.0 Å². The molecule has 1 aromatic heterocycles. The molecule has 0 aliphatic heterocycles. The van der Waals surface area contributed by atoms with Crippen molar-refractivity contribution in [1.29, 1.82) is 5.26 Å². The molecule has 2 aromatic rings. The van der Waals surface area contributed by atoms with Crippen LogP contribution in [0.15, 0.2) is 30.7 Å². The van der Waals surface area contributed by atoms with Crippen LogP contribution < -0.4 is 0 Å². The van der Waals surface area contributed by atoms with E-state index in [0.717, 1.165) is 12.1 Å². The van der Waals surface area contributed by atoms with Gasteiger partial charge in [-0.3, -0.25) is 4.79 Å². The number of aryl methyl sites for hydroxylation is 1. The fourth-order valence-corrected chi connectivity index (χ4v) is 1.71. The number of imidazole rings is 1. The highest BCUT2D eigenvalue weighted by molar-refractivity contribution is 6.01. The molecule has 0 fully saturated rings. The van der Waals surface area contributed by atoms with E-state index in [9.17, 15) is 13.6 Å². The van der Waals surface area contributed by atoms with Crippen molar-refractivity contribution in [3.63, 3.8) is 0 Å². The second-order valence-corrected chi connectivity index (χ2v) is 4.05. The SMILES string of the molecule is Cn1cnc(C(=O)C(C#N)c2cc(F)cc(F)c2)c1. The van der Waals surface area contributed by atoms with Gasteiger partial charge in [-0.25, -0.2) is 13.8 Å². The van der Waals surface area contributed by atoms with Crippen LogP contribution in [0.5, 0.6) is 0 Å². The summed E-state index contributed by atoms with van der Waals surface area (Å²) in [5.41, 5.74) is 0.0642. The lowest BCUT2D eigenvalue weighted by atomic mass is 9.94. The molecule has 1 aromatic carbocycles. The quantitative estimate of drug-likeness (QED) is 0.796. The van der Waals surface area contributed by atoms with Crippen molar-refractivity contribution in [3.8, 4) is 6.07 Å². The Hall–Kier alpha value is -2.55. The summed E-state index contributed by atoms with van der Waals surface area (Å²) in [6.07, 6.45) is 2.86. The van der Waals surface area contributed by atoms with Gasteiger partial charge in [0.25, 0.3) is 0 Å². The Morgan fingerprint density at radius 3 is 2.47 bits per heavy atom. The molecule has 96 valence electrons. The summed E-state index contributed by atoms with van der Waals surface area (Å²) < 4.78 is 27.8. The molecule has 0 bridgehead atoms. The fourth-order valence-electron chi connectivity index (χ4n) is 1.71. The standard InChI is InChI=1S/C13H9F2N3O/c1-18-6-12(17-7-18)13(19)11(5-16)8-2-9(14)4-10(15)3-8/h2-4,6-7,11H,1H3. The van der Waals surface area contributed by atoms with E-state index in [0.29, 0.717) is 6.07 Å². The third-order valence-electron chi connectivity index (χ3n) is 2.57. The lowest BCUT2D eigenvalue weighted by molar-refractivity contribution is 0.0974. The number of nitriles is 1. The zero-order chi connectivity index (χ0) is 14.0. The van der Waals surface area contributed by atoms with Crippen LogP contribution in [0, 0.1) is 23.0 Å². The van der Waals surface area contributed by atoms with Gasteiger partial charge in [-0.2, -0.15) is 5.26 Å². The lowest BCUT2D eigenvalue weighted by Gasteiger charge is -2.07. The summed E-state index contributed by atoms with van der Waals surface area (Å²) in [7, 11) is 1.67. The molecular weight excluding hydrogens is 252 g/mol. The number of aromatic nitrogens is 2. The Morgan fingerprint density at radius 1 is 1.37 bits per heavy atom. The normalized spacial score (nSPS) is 11.9. The van der Waals surface area contributed by atoms with Crippen molar-refractivity contribution >= 4 is 5.78 Å². The summed E-state index contributed by atoms with van der Waals surface area (Å²) in [5, 5.41) is 9.05. The number of halogens is 2. The van der Waals surface area contributed by atoms with E-state index in [1.165, 1.54) is 12.5 Å². The highest BCUT2D eigenvalue weighted by atomic mass is 19.1. The first kappa shape index (κ1) is 12.9. The van der Waals surface area contributed by atoms with E-state index in [4.69, 9.17) is 5.26 Å². The van der Waals surface area contributed by atoms with Crippen LogP contribution in [-0.4, -0.2) is 15.3 Å². The molecule has 0 radical (unpaired) electrons. The van der Waals surface area contributed by atoms with Crippen molar-refractivity contribution in [3.05, 3.63) is 53.6 Å². The minimum atomic E-state index is -1.28. The monoisotopic (exact) mass is 261 g/mol.